The second-order valence-electron chi connectivity index (χ2n) is 5.11. The molecule has 1 fully saturated rings. The number of nitrogens with zero attached hydrogens (tertiary/aromatic N) is 3. The van der Waals surface area contributed by atoms with Gasteiger partial charge < -0.3 is 5.32 Å². The molecule has 1 unspecified atom stereocenters. The Hall–Kier alpha value is -1.33. The molecule has 19 heavy (non-hydrogen) atoms. The molecule has 2 aromatic rings. The van der Waals surface area contributed by atoms with Crippen molar-refractivity contribution in [3.8, 4) is 10.7 Å². The number of aryl methyl sites for hydroxylation is 1. The van der Waals surface area contributed by atoms with Crippen molar-refractivity contribution in [2.75, 3.05) is 13.1 Å². The maximum atomic E-state index is 4.48. The predicted octanol–water partition coefficient (Wildman–Crippen LogP) is 2.45. The van der Waals surface area contributed by atoms with E-state index >= 15 is 0 Å². The van der Waals surface area contributed by atoms with Gasteiger partial charge in [-0.05, 0) is 51.3 Å². The first kappa shape index (κ1) is 12.7. The Bertz CT molecular complexity index is 546. The average Bonchev–Trinajstić information content (AvgIpc) is 2.87. The van der Waals surface area contributed by atoms with Crippen molar-refractivity contribution in [3.63, 3.8) is 0 Å². The van der Waals surface area contributed by atoms with E-state index in [1.807, 2.05) is 6.92 Å². The molecular formula is C14H18N4S. The van der Waals surface area contributed by atoms with Gasteiger partial charge in [0.25, 0.3) is 0 Å². The van der Waals surface area contributed by atoms with Crippen LogP contribution in [0, 0.1) is 12.8 Å². The molecular weight excluding hydrogens is 256 g/mol. The molecule has 100 valence electrons. The maximum Gasteiger partial charge on any atom is 0.142 e. The van der Waals surface area contributed by atoms with Crippen LogP contribution in [0.4, 0.5) is 0 Å². The Kier molecular flexibility index (Phi) is 3.84. The van der Waals surface area contributed by atoms with E-state index in [-0.39, 0.29) is 0 Å². The standard InChI is InChI=1S/C14H18N4S/c1-10-8-19-14(18-10)13-6-12(16-9-17-13)5-11-3-2-4-15-7-11/h6,8-9,11,15H,2-5,7H2,1H3. The lowest BCUT2D eigenvalue weighted by atomic mass is 9.94. The minimum Gasteiger partial charge on any atom is -0.316 e. The van der Waals surface area contributed by atoms with Crippen molar-refractivity contribution in [1.82, 2.24) is 20.3 Å². The van der Waals surface area contributed by atoms with Gasteiger partial charge >= 0.3 is 0 Å². The zero-order valence-electron chi connectivity index (χ0n) is 11.1. The van der Waals surface area contributed by atoms with Crippen molar-refractivity contribution in [2.45, 2.75) is 26.2 Å². The zero-order valence-corrected chi connectivity index (χ0v) is 11.9. The molecule has 1 aliphatic heterocycles. The van der Waals surface area contributed by atoms with Gasteiger partial charge in [-0.2, -0.15) is 0 Å². The highest BCUT2D eigenvalue weighted by molar-refractivity contribution is 7.13. The van der Waals surface area contributed by atoms with E-state index in [1.54, 1.807) is 17.7 Å². The van der Waals surface area contributed by atoms with Gasteiger partial charge in [-0.15, -0.1) is 11.3 Å². The van der Waals surface area contributed by atoms with Crippen LogP contribution >= 0.6 is 11.3 Å². The number of hydrogen-bond acceptors (Lipinski definition) is 5. The quantitative estimate of drug-likeness (QED) is 0.934. The van der Waals surface area contributed by atoms with Crippen LogP contribution in [0.3, 0.4) is 0 Å². The van der Waals surface area contributed by atoms with Crippen LogP contribution in [0.5, 0.6) is 0 Å². The van der Waals surface area contributed by atoms with Crippen LogP contribution < -0.4 is 5.32 Å². The lowest BCUT2D eigenvalue weighted by molar-refractivity contribution is 0.373. The van der Waals surface area contributed by atoms with Crippen molar-refractivity contribution in [3.05, 3.63) is 29.2 Å². The summed E-state index contributed by atoms with van der Waals surface area (Å²) in [6, 6.07) is 2.09. The summed E-state index contributed by atoms with van der Waals surface area (Å²) in [5.41, 5.74) is 3.13. The molecule has 1 N–H and O–H groups in total. The highest BCUT2D eigenvalue weighted by atomic mass is 32.1. The lowest BCUT2D eigenvalue weighted by Gasteiger charge is -2.22. The minimum absolute atomic E-state index is 0.703. The van der Waals surface area contributed by atoms with Gasteiger partial charge in [-0.25, -0.2) is 15.0 Å². The van der Waals surface area contributed by atoms with Gasteiger partial charge in [0.1, 0.15) is 17.0 Å². The van der Waals surface area contributed by atoms with E-state index < -0.39 is 0 Å². The topological polar surface area (TPSA) is 50.7 Å². The largest absolute Gasteiger partial charge is 0.316 e. The number of hydrogen-bond donors (Lipinski definition) is 1. The monoisotopic (exact) mass is 274 g/mol. The zero-order chi connectivity index (χ0) is 13.1. The summed E-state index contributed by atoms with van der Waals surface area (Å²) in [5, 5.41) is 6.50. The number of thiazole rings is 1. The molecule has 0 amide bonds. The summed E-state index contributed by atoms with van der Waals surface area (Å²) in [7, 11) is 0. The molecule has 3 heterocycles. The number of nitrogens with one attached hydrogen (secondary N) is 1. The number of aromatic nitrogens is 3. The van der Waals surface area contributed by atoms with E-state index in [1.165, 1.54) is 12.8 Å². The molecule has 3 rings (SSSR count). The van der Waals surface area contributed by atoms with Gasteiger partial charge in [0, 0.05) is 16.8 Å². The van der Waals surface area contributed by atoms with Crippen molar-refractivity contribution in [1.29, 1.82) is 0 Å². The van der Waals surface area contributed by atoms with Gasteiger partial charge in [0.05, 0.1) is 0 Å². The fourth-order valence-electron chi connectivity index (χ4n) is 2.49. The molecule has 5 heteroatoms. The van der Waals surface area contributed by atoms with Crippen LogP contribution in [-0.2, 0) is 6.42 Å². The van der Waals surface area contributed by atoms with E-state index in [0.29, 0.717) is 5.92 Å². The van der Waals surface area contributed by atoms with Gasteiger partial charge in [0.15, 0.2) is 0 Å². The van der Waals surface area contributed by atoms with Crippen LogP contribution in [0.2, 0.25) is 0 Å². The first-order chi connectivity index (χ1) is 9.31. The molecule has 0 radical (unpaired) electrons. The van der Waals surface area contributed by atoms with Crippen LogP contribution in [-0.4, -0.2) is 28.0 Å². The molecule has 0 spiro atoms. The summed E-state index contributed by atoms with van der Waals surface area (Å²) in [6.45, 7) is 4.27. The maximum absolute atomic E-state index is 4.48. The Morgan fingerprint density at radius 1 is 1.42 bits per heavy atom. The summed E-state index contributed by atoms with van der Waals surface area (Å²) < 4.78 is 0. The predicted molar refractivity (Wildman–Crippen MR) is 77.2 cm³/mol. The lowest BCUT2D eigenvalue weighted by Crippen LogP contribution is -2.31. The Labute approximate surface area is 117 Å². The van der Waals surface area contributed by atoms with Crippen LogP contribution in [0.1, 0.15) is 24.2 Å². The van der Waals surface area contributed by atoms with Crippen molar-refractivity contribution in [2.24, 2.45) is 5.92 Å². The van der Waals surface area contributed by atoms with E-state index in [2.05, 4.69) is 31.7 Å². The molecule has 0 aliphatic carbocycles. The molecule has 1 aliphatic rings. The third kappa shape index (κ3) is 3.16. The summed E-state index contributed by atoms with van der Waals surface area (Å²) >= 11 is 1.64. The Morgan fingerprint density at radius 3 is 3.11 bits per heavy atom. The molecule has 2 aromatic heterocycles. The highest BCUT2D eigenvalue weighted by Gasteiger charge is 2.15. The fourth-order valence-corrected chi connectivity index (χ4v) is 3.26. The molecule has 0 bridgehead atoms. The van der Waals surface area contributed by atoms with Crippen molar-refractivity contribution < 1.29 is 0 Å². The van der Waals surface area contributed by atoms with E-state index in [4.69, 9.17) is 0 Å². The first-order valence-electron chi connectivity index (χ1n) is 6.75. The SMILES string of the molecule is Cc1csc(-c2cc(CC3CCCNC3)ncn2)n1. The van der Waals surface area contributed by atoms with E-state index in [9.17, 15) is 0 Å². The molecule has 1 saturated heterocycles. The number of piperidine rings is 1. The Morgan fingerprint density at radius 2 is 2.37 bits per heavy atom. The molecule has 4 nitrogen and oxygen atoms in total. The molecule has 1 atom stereocenters. The Balaban J connectivity index is 1.75. The van der Waals surface area contributed by atoms with Gasteiger partial charge in [0.2, 0.25) is 0 Å². The molecule has 0 aromatic carbocycles. The number of rotatable bonds is 3. The van der Waals surface area contributed by atoms with Crippen molar-refractivity contribution >= 4 is 11.3 Å². The highest BCUT2D eigenvalue weighted by Crippen LogP contribution is 2.23. The van der Waals surface area contributed by atoms with Crippen LogP contribution in [0.25, 0.3) is 10.7 Å². The second-order valence-corrected chi connectivity index (χ2v) is 5.96. The van der Waals surface area contributed by atoms with Gasteiger partial charge in [-0.1, -0.05) is 0 Å². The molecule has 0 saturated carbocycles. The summed E-state index contributed by atoms with van der Waals surface area (Å²) in [6.07, 6.45) is 5.27. The first-order valence-corrected chi connectivity index (χ1v) is 7.63. The van der Waals surface area contributed by atoms with E-state index in [0.717, 1.165) is 41.6 Å². The minimum atomic E-state index is 0.703. The second kappa shape index (κ2) is 5.75. The summed E-state index contributed by atoms with van der Waals surface area (Å²) in [5.74, 6) is 0.703. The summed E-state index contributed by atoms with van der Waals surface area (Å²) in [4.78, 5) is 13.2. The average molecular weight is 274 g/mol. The third-order valence-electron chi connectivity index (χ3n) is 3.46. The smallest absolute Gasteiger partial charge is 0.142 e. The van der Waals surface area contributed by atoms with Crippen LogP contribution in [0.15, 0.2) is 17.8 Å². The fraction of sp³-hybridized carbons (Fsp3) is 0.500. The third-order valence-corrected chi connectivity index (χ3v) is 4.44. The van der Waals surface area contributed by atoms with Gasteiger partial charge in [-0.3, -0.25) is 0 Å². The normalized spacial score (nSPS) is 19.5.